The number of amides is 1. The lowest BCUT2D eigenvalue weighted by Gasteiger charge is -2.22. The molecule has 0 fully saturated rings. The Morgan fingerprint density at radius 3 is 2.79 bits per heavy atom. The maximum absolute atomic E-state index is 13.2. The molecule has 4 rings (SSSR count). The zero-order valence-corrected chi connectivity index (χ0v) is 16.9. The number of carbonyl (C=O) groups is 1. The van der Waals surface area contributed by atoms with Crippen molar-refractivity contribution in [3.63, 3.8) is 0 Å². The van der Waals surface area contributed by atoms with Gasteiger partial charge in [0.05, 0.1) is 11.7 Å². The lowest BCUT2D eigenvalue weighted by atomic mass is 10.1. The summed E-state index contributed by atoms with van der Waals surface area (Å²) in [5, 5.41) is 6.00. The van der Waals surface area contributed by atoms with Crippen LogP contribution in [0.2, 0.25) is 5.02 Å². The highest BCUT2D eigenvalue weighted by Gasteiger charge is 2.20. The van der Waals surface area contributed by atoms with Gasteiger partial charge in [-0.05, 0) is 43.7 Å². The molecule has 6 nitrogen and oxygen atoms in total. The number of hydrogen-bond donors (Lipinski definition) is 0. The molecule has 148 valence electrons. The molecule has 7 heteroatoms. The van der Waals surface area contributed by atoms with Crippen LogP contribution in [0, 0.1) is 6.92 Å². The first-order valence-corrected chi connectivity index (χ1v) is 9.80. The third-order valence-electron chi connectivity index (χ3n) is 4.81. The van der Waals surface area contributed by atoms with E-state index < -0.39 is 5.63 Å². The van der Waals surface area contributed by atoms with Crippen molar-refractivity contribution in [3.05, 3.63) is 69.7 Å². The molecule has 0 aliphatic rings. The number of hydrogen-bond acceptors (Lipinski definition) is 4. The van der Waals surface area contributed by atoms with Crippen molar-refractivity contribution < 1.29 is 9.21 Å². The minimum absolute atomic E-state index is 0.00249. The summed E-state index contributed by atoms with van der Waals surface area (Å²) in [6.45, 7) is 4.53. The lowest BCUT2D eigenvalue weighted by molar-refractivity contribution is -0.119. The van der Waals surface area contributed by atoms with E-state index in [4.69, 9.17) is 16.0 Å². The molecule has 4 aromatic rings. The molecule has 0 radical (unpaired) electrons. The summed E-state index contributed by atoms with van der Waals surface area (Å²) in [5.74, 6) is -0.131. The quantitative estimate of drug-likeness (QED) is 0.453. The standard InChI is InChI=1S/C22H20ClN3O3/c1-3-9-25(16-6-4-5-15(23)11-16)20(27)13-26-21-17-10-14(2)7-8-19(17)29-22(28)18(21)12-24-26/h4-8,10-12H,3,9,13H2,1-2H3. The highest BCUT2D eigenvalue weighted by atomic mass is 35.5. The van der Waals surface area contributed by atoms with Crippen LogP contribution in [-0.4, -0.2) is 22.2 Å². The SMILES string of the molecule is CCCN(C(=O)Cn1ncc2c(=O)oc3ccc(C)cc3c21)c1cccc(Cl)c1. The van der Waals surface area contributed by atoms with E-state index in [0.717, 1.165) is 23.1 Å². The van der Waals surface area contributed by atoms with Gasteiger partial charge in [-0.25, -0.2) is 4.79 Å². The highest BCUT2D eigenvalue weighted by Crippen LogP contribution is 2.25. The molecule has 0 unspecified atom stereocenters. The van der Waals surface area contributed by atoms with Gasteiger partial charge in [-0.3, -0.25) is 9.48 Å². The Hall–Kier alpha value is -3.12. The normalized spacial score (nSPS) is 11.3. The fraction of sp³-hybridized carbons (Fsp3) is 0.227. The van der Waals surface area contributed by atoms with Crippen molar-refractivity contribution in [2.24, 2.45) is 0 Å². The van der Waals surface area contributed by atoms with E-state index in [1.165, 1.54) is 6.20 Å². The van der Waals surface area contributed by atoms with E-state index in [2.05, 4.69) is 5.10 Å². The first kappa shape index (κ1) is 19.2. The van der Waals surface area contributed by atoms with Gasteiger partial charge in [0.1, 0.15) is 17.5 Å². The van der Waals surface area contributed by atoms with Gasteiger partial charge < -0.3 is 9.32 Å². The number of aryl methyl sites for hydroxylation is 1. The second-order valence-corrected chi connectivity index (χ2v) is 7.42. The number of nitrogens with zero attached hydrogens (tertiary/aromatic N) is 3. The third-order valence-corrected chi connectivity index (χ3v) is 5.04. The zero-order valence-electron chi connectivity index (χ0n) is 16.2. The predicted octanol–water partition coefficient (Wildman–Crippen LogP) is 4.55. The van der Waals surface area contributed by atoms with Crippen molar-refractivity contribution in [2.75, 3.05) is 11.4 Å². The van der Waals surface area contributed by atoms with Gasteiger partial charge in [0.2, 0.25) is 5.91 Å². The molecule has 0 aliphatic heterocycles. The Morgan fingerprint density at radius 1 is 1.21 bits per heavy atom. The topological polar surface area (TPSA) is 68.3 Å². The molecule has 0 N–H and O–H groups in total. The molecular weight excluding hydrogens is 390 g/mol. The van der Waals surface area contributed by atoms with Crippen LogP contribution >= 0.6 is 11.6 Å². The fourth-order valence-electron chi connectivity index (χ4n) is 3.49. The number of anilines is 1. The first-order chi connectivity index (χ1) is 14.0. The van der Waals surface area contributed by atoms with E-state index in [-0.39, 0.29) is 12.5 Å². The third kappa shape index (κ3) is 3.63. The van der Waals surface area contributed by atoms with Gasteiger partial charge in [0.25, 0.3) is 0 Å². The maximum atomic E-state index is 13.2. The van der Waals surface area contributed by atoms with Gasteiger partial charge in [-0.2, -0.15) is 5.10 Å². The molecule has 2 heterocycles. The minimum atomic E-state index is -0.463. The molecule has 2 aromatic carbocycles. The van der Waals surface area contributed by atoms with Gasteiger partial charge in [0.15, 0.2) is 0 Å². The number of rotatable bonds is 5. The van der Waals surface area contributed by atoms with Crippen LogP contribution in [0.1, 0.15) is 18.9 Å². The molecule has 0 saturated carbocycles. The molecule has 0 atom stereocenters. The average molecular weight is 410 g/mol. The number of carbonyl (C=O) groups excluding carboxylic acids is 1. The van der Waals surface area contributed by atoms with Crippen molar-refractivity contribution >= 4 is 45.1 Å². The number of benzene rings is 2. The maximum Gasteiger partial charge on any atom is 0.347 e. The molecule has 2 aromatic heterocycles. The Bertz CT molecular complexity index is 1280. The molecule has 1 amide bonds. The van der Waals surface area contributed by atoms with Crippen molar-refractivity contribution in [1.82, 2.24) is 9.78 Å². The first-order valence-electron chi connectivity index (χ1n) is 9.43. The van der Waals surface area contributed by atoms with Gasteiger partial charge >= 0.3 is 5.63 Å². The summed E-state index contributed by atoms with van der Waals surface area (Å²) < 4.78 is 6.97. The number of halogens is 1. The van der Waals surface area contributed by atoms with Crippen LogP contribution in [0.25, 0.3) is 21.9 Å². The second-order valence-electron chi connectivity index (χ2n) is 6.98. The fourth-order valence-corrected chi connectivity index (χ4v) is 3.67. The summed E-state index contributed by atoms with van der Waals surface area (Å²) in [4.78, 5) is 27.2. The summed E-state index contributed by atoms with van der Waals surface area (Å²) in [6.07, 6.45) is 2.25. The predicted molar refractivity (Wildman–Crippen MR) is 115 cm³/mol. The molecular formula is C22H20ClN3O3. The summed E-state index contributed by atoms with van der Waals surface area (Å²) in [6, 6.07) is 12.8. The highest BCUT2D eigenvalue weighted by molar-refractivity contribution is 6.30. The number of fused-ring (bicyclic) bond motifs is 3. The van der Waals surface area contributed by atoms with Gasteiger partial charge in [0, 0.05) is 22.6 Å². The smallest absolute Gasteiger partial charge is 0.347 e. The van der Waals surface area contributed by atoms with Gasteiger partial charge in [-0.1, -0.05) is 36.2 Å². The zero-order chi connectivity index (χ0) is 20.5. The van der Waals surface area contributed by atoms with E-state index >= 15 is 0 Å². The Kier molecular flexibility index (Phi) is 5.11. The molecule has 0 aliphatic carbocycles. The summed E-state index contributed by atoms with van der Waals surface area (Å²) >= 11 is 6.11. The molecule has 0 saturated heterocycles. The van der Waals surface area contributed by atoms with Crippen molar-refractivity contribution in [3.8, 4) is 0 Å². The van der Waals surface area contributed by atoms with Crippen molar-refractivity contribution in [1.29, 1.82) is 0 Å². The van der Waals surface area contributed by atoms with Crippen LogP contribution in [0.5, 0.6) is 0 Å². The van der Waals surface area contributed by atoms with Crippen molar-refractivity contribution in [2.45, 2.75) is 26.8 Å². The Balaban J connectivity index is 1.78. The van der Waals surface area contributed by atoms with Crippen LogP contribution in [0.15, 0.2) is 57.9 Å². The Morgan fingerprint density at radius 2 is 2.03 bits per heavy atom. The minimum Gasteiger partial charge on any atom is -0.422 e. The summed E-state index contributed by atoms with van der Waals surface area (Å²) in [5.41, 5.74) is 2.38. The van der Waals surface area contributed by atoms with Crippen LogP contribution in [-0.2, 0) is 11.3 Å². The van der Waals surface area contributed by atoms with E-state index in [1.807, 2.05) is 38.1 Å². The van der Waals surface area contributed by atoms with Crippen LogP contribution in [0.4, 0.5) is 5.69 Å². The molecule has 0 spiro atoms. The van der Waals surface area contributed by atoms with E-state index in [9.17, 15) is 9.59 Å². The van der Waals surface area contributed by atoms with Gasteiger partial charge in [-0.15, -0.1) is 0 Å². The largest absolute Gasteiger partial charge is 0.422 e. The lowest BCUT2D eigenvalue weighted by Crippen LogP contribution is -2.34. The van der Waals surface area contributed by atoms with Crippen LogP contribution < -0.4 is 10.5 Å². The van der Waals surface area contributed by atoms with E-state index in [0.29, 0.717) is 28.1 Å². The number of aromatic nitrogens is 2. The molecule has 29 heavy (non-hydrogen) atoms. The monoisotopic (exact) mass is 409 g/mol. The van der Waals surface area contributed by atoms with Crippen LogP contribution in [0.3, 0.4) is 0 Å². The summed E-state index contributed by atoms with van der Waals surface area (Å²) in [7, 11) is 0. The van der Waals surface area contributed by atoms with E-state index in [1.54, 1.807) is 27.8 Å². The molecule has 0 bridgehead atoms. The second kappa shape index (κ2) is 7.72. The average Bonchev–Trinajstić information content (AvgIpc) is 3.11. The Labute approximate surface area is 172 Å².